The summed E-state index contributed by atoms with van der Waals surface area (Å²) in [5, 5.41) is 5.28. The molecule has 2 aliphatic rings. The molecule has 5 rings (SSSR count). The Morgan fingerprint density at radius 1 is 0.900 bits per heavy atom. The van der Waals surface area contributed by atoms with Crippen molar-refractivity contribution in [3.8, 4) is 11.3 Å². The lowest BCUT2D eigenvalue weighted by Crippen LogP contribution is -2.36. The second kappa shape index (κ2) is 8.66. The van der Waals surface area contributed by atoms with Crippen molar-refractivity contribution in [1.82, 2.24) is 26.5 Å². The molecule has 0 atom stereocenters. The molecule has 0 saturated carbocycles. The van der Waals surface area contributed by atoms with Crippen LogP contribution in [0.1, 0.15) is 19.3 Å². The van der Waals surface area contributed by atoms with Crippen LogP contribution in [0.4, 0.5) is 23.0 Å². The van der Waals surface area contributed by atoms with Crippen LogP contribution in [0.2, 0.25) is 0 Å². The molecule has 3 heterocycles. The maximum atomic E-state index is 4.74. The number of nitrogens with one attached hydrogen (secondary N) is 4. The van der Waals surface area contributed by atoms with Crippen molar-refractivity contribution in [3.63, 3.8) is 0 Å². The largest absolute Gasteiger partial charge is 0.372 e. The highest BCUT2D eigenvalue weighted by atomic mass is 15.9. The normalized spacial score (nSPS) is 16.7. The van der Waals surface area contributed by atoms with Crippen molar-refractivity contribution in [2.75, 3.05) is 35.0 Å². The molecule has 0 bridgehead atoms. The average Bonchev–Trinajstić information content (AvgIpc) is 3.36. The summed E-state index contributed by atoms with van der Waals surface area (Å²) < 4.78 is 0. The molecule has 0 aliphatic carbocycles. The van der Waals surface area contributed by atoms with E-state index in [4.69, 9.17) is 4.98 Å². The summed E-state index contributed by atoms with van der Waals surface area (Å²) in [4.78, 5) is 11.6. The summed E-state index contributed by atoms with van der Waals surface area (Å²) >= 11 is 0. The minimum absolute atomic E-state index is 0.589. The Morgan fingerprint density at radius 2 is 1.77 bits per heavy atom. The average molecular weight is 403 g/mol. The minimum Gasteiger partial charge on any atom is -0.372 e. The van der Waals surface area contributed by atoms with Gasteiger partial charge in [0.2, 0.25) is 5.95 Å². The number of piperidine rings is 1. The summed E-state index contributed by atoms with van der Waals surface area (Å²) in [5.74, 6) is 0.589. The highest BCUT2D eigenvalue weighted by Gasteiger charge is 2.13. The number of anilines is 4. The van der Waals surface area contributed by atoms with E-state index in [0.29, 0.717) is 12.6 Å². The third kappa shape index (κ3) is 4.20. The molecular weight excluding hydrogens is 376 g/mol. The van der Waals surface area contributed by atoms with Gasteiger partial charge in [-0.2, -0.15) is 11.1 Å². The van der Waals surface area contributed by atoms with Crippen LogP contribution in [-0.4, -0.2) is 29.7 Å². The van der Waals surface area contributed by atoms with Gasteiger partial charge in [0.05, 0.1) is 18.1 Å². The number of hydrogen-bond donors (Lipinski definition) is 4. The zero-order chi connectivity index (χ0) is 20.2. The van der Waals surface area contributed by atoms with Crippen molar-refractivity contribution >= 4 is 23.0 Å². The van der Waals surface area contributed by atoms with Gasteiger partial charge in [0.25, 0.3) is 0 Å². The molecule has 2 fully saturated rings. The van der Waals surface area contributed by atoms with Gasteiger partial charge in [-0.1, -0.05) is 12.1 Å². The molecule has 2 saturated heterocycles. The lowest BCUT2D eigenvalue weighted by Gasteiger charge is -2.29. The molecule has 0 spiro atoms. The highest BCUT2D eigenvalue weighted by Crippen LogP contribution is 2.26. The van der Waals surface area contributed by atoms with Gasteiger partial charge >= 0.3 is 0 Å². The van der Waals surface area contributed by atoms with Crippen LogP contribution in [0.25, 0.3) is 11.3 Å². The van der Waals surface area contributed by atoms with Crippen molar-refractivity contribution in [2.24, 2.45) is 0 Å². The van der Waals surface area contributed by atoms with Crippen LogP contribution in [0.5, 0.6) is 0 Å². The zero-order valence-electron chi connectivity index (χ0n) is 16.8. The van der Waals surface area contributed by atoms with Gasteiger partial charge in [0.1, 0.15) is 0 Å². The van der Waals surface area contributed by atoms with Crippen LogP contribution in [0, 0.1) is 0 Å². The van der Waals surface area contributed by atoms with E-state index in [1.165, 1.54) is 24.9 Å². The smallest absolute Gasteiger partial charge is 0.227 e. The summed E-state index contributed by atoms with van der Waals surface area (Å²) in [7, 11) is 0. The van der Waals surface area contributed by atoms with Gasteiger partial charge < -0.3 is 10.2 Å². The number of benzene rings is 2. The number of nitrogens with zero attached hydrogens (tertiary/aromatic N) is 4. The van der Waals surface area contributed by atoms with E-state index in [9.17, 15) is 0 Å². The fourth-order valence-corrected chi connectivity index (χ4v) is 3.87. The molecule has 3 aromatic rings. The summed E-state index contributed by atoms with van der Waals surface area (Å²) in [5.41, 5.74) is 14.2. The summed E-state index contributed by atoms with van der Waals surface area (Å²) in [6, 6.07) is 18.7. The van der Waals surface area contributed by atoms with Crippen LogP contribution >= 0.6 is 0 Å². The summed E-state index contributed by atoms with van der Waals surface area (Å²) in [6.45, 7) is 2.96. The first kappa shape index (κ1) is 18.8. The first-order chi connectivity index (χ1) is 14.8. The van der Waals surface area contributed by atoms with E-state index in [-0.39, 0.29) is 0 Å². The number of hydrogen-bond acceptors (Lipinski definition) is 8. The summed E-state index contributed by atoms with van der Waals surface area (Å²) in [6.07, 6.45) is 5.68. The Balaban J connectivity index is 1.32. The van der Waals surface area contributed by atoms with Gasteiger partial charge in [0.15, 0.2) is 0 Å². The van der Waals surface area contributed by atoms with Gasteiger partial charge in [-0.15, -0.1) is 0 Å². The second-order valence-electron chi connectivity index (χ2n) is 7.54. The third-order valence-electron chi connectivity index (χ3n) is 5.47. The standard InChI is InChI=1S/C22H26N8/c1-2-13-29(14-3-1)20-6-4-5-17(15-20)21-11-12-23-22(26-21)25-18-7-9-19(10-8-18)30-16-24-27-28-30/h4-12,15,24,27-28H,1-3,13-14,16H2,(H,23,25,26). The first-order valence-corrected chi connectivity index (χ1v) is 10.4. The van der Waals surface area contributed by atoms with E-state index in [0.717, 1.165) is 35.7 Å². The lowest BCUT2D eigenvalue weighted by atomic mass is 10.1. The monoisotopic (exact) mass is 402 g/mol. The van der Waals surface area contributed by atoms with Gasteiger partial charge in [-0.3, -0.25) is 5.01 Å². The first-order valence-electron chi connectivity index (χ1n) is 10.4. The van der Waals surface area contributed by atoms with Crippen LogP contribution in [0.3, 0.4) is 0 Å². The Labute approximate surface area is 176 Å². The van der Waals surface area contributed by atoms with Crippen LogP contribution < -0.4 is 31.7 Å². The van der Waals surface area contributed by atoms with E-state index >= 15 is 0 Å². The maximum Gasteiger partial charge on any atom is 0.227 e. The van der Waals surface area contributed by atoms with Crippen LogP contribution in [0.15, 0.2) is 60.8 Å². The molecule has 30 heavy (non-hydrogen) atoms. The van der Waals surface area contributed by atoms with Crippen LogP contribution in [-0.2, 0) is 0 Å². The molecule has 0 unspecified atom stereocenters. The molecule has 1 aromatic heterocycles. The molecule has 2 aromatic carbocycles. The molecule has 4 N–H and O–H groups in total. The van der Waals surface area contributed by atoms with E-state index in [1.807, 2.05) is 35.3 Å². The van der Waals surface area contributed by atoms with Gasteiger partial charge in [-0.05, 0) is 61.7 Å². The molecule has 0 amide bonds. The van der Waals surface area contributed by atoms with Crippen molar-refractivity contribution in [2.45, 2.75) is 19.3 Å². The Kier molecular flexibility index (Phi) is 5.43. The molecule has 8 nitrogen and oxygen atoms in total. The fraction of sp³-hybridized carbons (Fsp3) is 0.273. The zero-order valence-corrected chi connectivity index (χ0v) is 16.8. The fourth-order valence-electron chi connectivity index (χ4n) is 3.87. The number of hydrazine groups is 3. The number of rotatable bonds is 5. The quantitative estimate of drug-likeness (QED) is 0.518. The van der Waals surface area contributed by atoms with E-state index in [2.05, 4.69) is 56.0 Å². The lowest BCUT2D eigenvalue weighted by molar-refractivity contribution is 0.578. The van der Waals surface area contributed by atoms with Crippen molar-refractivity contribution in [1.29, 1.82) is 0 Å². The van der Waals surface area contributed by atoms with E-state index < -0.39 is 0 Å². The Morgan fingerprint density at radius 3 is 2.57 bits per heavy atom. The minimum atomic E-state index is 0.589. The van der Waals surface area contributed by atoms with Crippen molar-refractivity contribution in [3.05, 3.63) is 60.8 Å². The van der Waals surface area contributed by atoms with E-state index in [1.54, 1.807) is 6.20 Å². The SMILES string of the molecule is c1cc(-c2ccnc(Nc3ccc(N4CNNN4)cc3)n2)cc(N2CCCCC2)c1. The third-order valence-corrected chi connectivity index (χ3v) is 5.47. The highest BCUT2D eigenvalue weighted by molar-refractivity contribution is 5.67. The van der Waals surface area contributed by atoms with Crippen molar-refractivity contribution < 1.29 is 0 Å². The molecular formula is C22H26N8. The second-order valence-corrected chi connectivity index (χ2v) is 7.54. The molecule has 0 radical (unpaired) electrons. The Hall–Kier alpha value is -3.20. The maximum absolute atomic E-state index is 4.74. The predicted octanol–water partition coefficient (Wildman–Crippen LogP) is 3.17. The number of aromatic nitrogens is 2. The predicted molar refractivity (Wildman–Crippen MR) is 120 cm³/mol. The molecule has 2 aliphatic heterocycles. The van der Waals surface area contributed by atoms with Gasteiger partial charge in [-0.25, -0.2) is 15.4 Å². The molecule has 8 heteroatoms. The van der Waals surface area contributed by atoms with Gasteiger partial charge in [0, 0.05) is 36.2 Å². The Bertz CT molecular complexity index is 978. The topological polar surface area (TPSA) is 80.4 Å². The molecule has 154 valence electrons.